The molecular weight excluding hydrogens is 268 g/mol. The van der Waals surface area contributed by atoms with Crippen molar-refractivity contribution in [2.24, 2.45) is 0 Å². The summed E-state index contributed by atoms with van der Waals surface area (Å²) in [6.07, 6.45) is 2.23. The summed E-state index contributed by atoms with van der Waals surface area (Å²) in [5.74, 6) is 0.280. The maximum Gasteiger partial charge on any atom is 0.317 e. The van der Waals surface area contributed by atoms with E-state index in [9.17, 15) is 4.79 Å². The lowest BCUT2D eigenvalue weighted by molar-refractivity contribution is -0.138. The van der Waals surface area contributed by atoms with Crippen LogP contribution in [-0.2, 0) is 11.2 Å². The van der Waals surface area contributed by atoms with Gasteiger partial charge in [0.05, 0.1) is 6.54 Å². The molecule has 1 unspecified atom stereocenters. The number of carbonyl (C=O) groups is 1. The summed E-state index contributed by atoms with van der Waals surface area (Å²) in [5.41, 5.74) is 1.30. The Morgan fingerprint density at radius 2 is 1.95 bits per heavy atom. The molecule has 1 aromatic carbocycles. The highest BCUT2D eigenvalue weighted by Gasteiger charge is 2.25. The molecule has 0 saturated carbocycles. The van der Waals surface area contributed by atoms with Gasteiger partial charge in [-0.1, -0.05) is 18.2 Å². The normalized spacial score (nSPS) is 23.3. The zero-order valence-corrected chi connectivity index (χ0v) is 12.2. The second kappa shape index (κ2) is 6.45. The van der Waals surface area contributed by atoms with Gasteiger partial charge < -0.3 is 9.84 Å². The SMILES string of the molecule is O=C(O)CN1CCCN(CC2Cc3ccccc3O2)CC1. The van der Waals surface area contributed by atoms with E-state index >= 15 is 0 Å². The Kier molecular flexibility index (Phi) is 4.41. The number of hydrogen-bond acceptors (Lipinski definition) is 4. The van der Waals surface area contributed by atoms with Gasteiger partial charge in [0.2, 0.25) is 0 Å². The third-order valence-corrected chi connectivity index (χ3v) is 4.22. The van der Waals surface area contributed by atoms with Crippen molar-refractivity contribution >= 4 is 5.97 Å². The fraction of sp³-hybridized carbons (Fsp3) is 0.562. The van der Waals surface area contributed by atoms with Crippen molar-refractivity contribution in [1.82, 2.24) is 9.80 Å². The predicted molar refractivity (Wildman–Crippen MR) is 79.7 cm³/mol. The van der Waals surface area contributed by atoms with Crippen LogP contribution in [-0.4, -0.2) is 66.2 Å². The van der Waals surface area contributed by atoms with Gasteiger partial charge in [0.1, 0.15) is 11.9 Å². The number of aliphatic carboxylic acids is 1. The maximum absolute atomic E-state index is 10.8. The van der Waals surface area contributed by atoms with Crippen LogP contribution in [0.1, 0.15) is 12.0 Å². The van der Waals surface area contributed by atoms with Crippen LogP contribution in [0.15, 0.2) is 24.3 Å². The Balaban J connectivity index is 1.50. The molecule has 0 radical (unpaired) electrons. The monoisotopic (exact) mass is 290 g/mol. The summed E-state index contributed by atoms with van der Waals surface area (Å²) in [4.78, 5) is 15.2. The van der Waals surface area contributed by atoms with Crippen molar-refractivity contribution in [2.75, 3.05) is 39.3 Å². The number of para-hydroxylation sites is 1. The fourth-order valence-electron chi connectivity index (χ4n) is 3.20. The van der Waals surface area contributed by atoms with E-state index in [1.807, 2.05) is 17.0 Å². The summed E-state index contributed by atoms with van der Waals surface area (Å²) in [5, 5.41) is 8.88. The molecule has 2 aliphatic heterocycles. The number of nitrogens with zero attached hydrogens (tertiary/aromatic N) is 2. The molecule has 1 N–H and O–H groups in total. The van der Waals surface area contributed by atoms with Crippen LogP contribution < -0.4 is 4.74 Å². The van der Waals surface area contributed by atoms with E-state index in [1.165, 1.54) is 5.56 Å². The standard InChI is InChI=1S/C16H22N2O3/c19-16(20)12-18-7-3-6-17(8-9-18)11-14-10-13-4-1-2-5-15(13)21-14/h1-2,4-5,14H,3,6-12H2,(H,19,20). The Bertz CT molecular complexity index is 481. The molecule has 1 saturated heterocycles. The third-order valence-electron chi connectivity index (χ3n) is 4.22. The Labute approximate surface area is 125 Å². The van der Waals surface area contributed by atoms with E-state index in [0.29, 0.717) is 0 Å². The molecule has 0 spiro atoms. The van der Waals surface area contributed by atoms with Gasteiger partial charge in [-0.15, -0.1) is 0 Å². The average Bonchev–Trinajstić information content (AvgIpc) is 2.73. The first kappa shape index (κ1) is 14.4. The van der Waals surface area contributed by atoms with Gasteiger partial charge in [0.25, 0.3) is 0 Å². The van der Waals surface area contributed by atoms with Crippen LogP contribution in [0.25, 0.3) is 0 Å². The van der Waals surface area contributed by atoms with Gasteiger partial charge in [-0.3, -0.25) is 14.6 Å². The van der Waals surface area contributed by atoms with Crippen molar-refractivity contribution in [3.05, 3.63) is 29.8 Å². The minimum Gasteiger partial charge on any atom is -0.488 e. The molecule has 3 rings (SSSR count). The average molecular weight is 290 g/mol. The summed E-state index contributed by atoms with van der Waals surface area (Å²) in [6, 6.07) is 8.23. The smallest absolute Gasteiger partial charge is 0.317 e. The number of hydrogen-bond donors (Lipinski definition) is 1. The van der Waals surface area contributed by atoms with Crippen molar-refractivity contribution in [3.63, 3.8) is 0 Å². The number of carboxylic acid groups (broad SMARTS) is 1. The largest absolute Gasteiger partial charge is 0.488 e. The lowest BCUT2D eigenvalue weighted by atomic mass is 10.1. The van der Waals surface area contributed by atoms with Crippen LogP contribution in [0.2, 0.25) is 0 Å². The van der Waals surface area contributed by atoms with Gasteiger partial charge in [0.15, 0.2) is 0 Å². The minimum absolute atomic E-state index is 0.152. The number of rotatable bonds is 4. The predicted octanol–water partition coefficient (Wildman–Crippen LogP) is 1.08. The number of carboxylic acids is 1. The lowest BCUT2D eigenvalue weighted by Gasteiger charge is -2.23. The van der Waals surface area contributed by atoms with Crippen LogP contribution in [0.4, 0.5) is 0 Å². The molecule has 21 heavy (non-hydrogen) atoms. The molecule has 2 heterocycles. The van der Waals surface area contributed by atoms with Crippen molar-refractivity contribution in [1.29, 1.82) is 0 Å². The van der Waals surface area contributed by atoms with Gasteiger partial charge >= 0.3 is 5.97 Å². The first-order chi connectivity index (χ1) is 10.2. The van der Waals surface area contributed by atoms with E-state index in [-0.39, 0.29) is 12.6 Å². The van der Waals surface area contributed by atoms with Crippen LogP contribution >= 0.6 is 0 Å². The number of ether oxygens (including phenoxy) is 1. The summed E-state index contributed by atoms with van der Waals surface area (Å²) in [6.45, 7) is 4.71. The van der Waals surface area contributed by atoms with E-state index < -0.39 is 5.97 Å². The third kappa shape index (κ3) is 3.74. The molecule has 1 fully saturated rings. The quantitative estimate of drug-likeness (QED) is 0.899. The molecule has 1 atom stereocenters. The van der Waals surface area contributed by atoms with Crippen LogP contribution in [0, 0.1) is 0 Å². The zero-order valence-electron chi connectivity index (χ0n) is 12.2. The first-order valence-corrected chi connectivity index (χ1v) is 7.62. The Morgan fingerprint density at radius 3 is 2.76 bits per heavy atom. The molecule has 114 valence electrons. The molecule has 0 bridgehead atoms. The van der Waals surface area contributed by atoms with Gasteiger partial charge in [0, 0.05) is 32.6 Å². The van der Waals surface area contributed by atoms with E-state index in [4.69, 9.17) is 9.84 Å². The Morgan fingerprint density at radius 1 is 1.19 bits per heavy atom. The van der Waals surface area contributed by atoms with Crippen molar-refractivity contribution in [2.45, 2.75) is 18.9 Å². The van der Waals surface area contributed by atoms with E-state index in [1.54, 1.807) is 0 Å². The lowest BCUT2D eigenvalue weighted by Crippen LogP contribution is -2.38. The van der Waals surface area contributed by atoms with Crippen LogP contribution in [0.3, 0.4) is 0 Å². The molecule has 1 aromatic rings. The summed E-state index contributed by atoms with van der Waals surface area (Å²) in [7, 11) is 0. The van der Waals surface area contributed by atoms with E-state index in [2.05, 4.69) is 17.0 Å². The molecule has 0 aliphatic carbocycles. The maximum atomic E-state index is 10.8. The second-order valence-corrected chi connectivity index (χ2v) is 5.88. The van der Waals surface area contributed by atoms with Gasteiger partial charge in [-0.2, -0.15) is 0 Å². The van der Waals surface area contributed by atoms with Crippen molar-refractivity contribution in [3.8, 4) is 5.75 Å². The fourth-order valence-corrected chi connectivity index (χ4v) is 3.20. The van der Waals surface area contributed by atoms with Gasteiger partial charge in [-0.25, -0.2) is 0 Å². The summed E-state index contributed by atoms with van der Waals surface area (Å²) >= 11 is 0. The highest BCUT2D eigenvalue weighted by Crippen LogP contribution is 2.28. The molecule has 0 amide bonds. The molecule has 5 nitrogen and oxygen atoms in total. The highest BCUT2D eigenvalue weighted by molar-refractivity contribution is 5.69. The van der Waals surface area contributed by atoms with Gasteiger partial charge in [-0.05, 0) is 24.6 Å². The zero-order chi connectivity index (χ0) is 14.7. The number of benzene rings is 1. The highest BCUT2D eigenvalue weighted by atomic mass is 16.5. The van der Waals surface area contributed by atoms with Crippen molar-refractivity contribution < 1.29 is 14.6 Å². The van der Waals surface area contributed by atoms with Crippen LogP contribution in [0.5, 0.6) is 5.75 Å². The topological polar surface area (TPSA) is 53.0 Å². The molecule has 2 aliphatic rings. The molecule has 5 heteroatoms. The molecule has 0 aromatic heterocycles. The first-order valence-electron chi connectivity index (χ1n) is 7.62. The molecular formula is C16H22N2O3. The summed E-state index contributed by atoms with van der Waals surface area (Å²) < 4.78 is 5.99. The number of fused-ring (bicyclic) bond motifs is 1. The second-order valence-electron chi connectivity index (χ2n) is 5.88. The van der Waals surface area contributed by atoms with E-state index in [0.717, 1.165) is 51.3 Å². The minimum atomic E-state index is -0.738. The Hall–Kier alpha value is -1.59.